The fraction of sp³-hybridized carbons (Fsp3) is 0.120. The molecule has 4 rings (SSSR count). The van der Waals surface area contributed by atoms with Gasteiger partial charge in [0.25, 0.3) is 0 Å². The first-order valence-corrected chi connectivity index (χ1v) is 11.0. The van der Waals surface area contributed by atoms with Crippen molar-refractivity contribution >= 4 is 35.8 Å². The molecule has 0 aliphatic rings. The second kappa shape index (κ2) is 12.3. The maximum absolute atomic E-state index is 12.9. The third-order valence-corrected chi connectivity index (χ3v) is 4.98. The molecule has 0 aliphatic carbocycles. The molecule has 0 spiro atoms. The minimum Gasteiger partial charge on any atom is -0.493 e. The predicted molar refractivity (Wildman–Crippen MR) is 139 cm³/mol. The summed E-state index contributed by atoms with van der Waals surface area (Å²) in [5, 5.41) is 3.09. The molecular weight excluding hydrogens is 541 g/mol. The Kier molecular flexibility index (Phi) is 9.12. The fourth-order valence-electron chi connectivity index (χ4n) is 3.27. The molecule has 0 unspecified atom stereocenters. The SMILES string of the molecule is COc1cc(-c2cc(Nc3ccc(Oc4ccnc(C(F)(F)F)c4)cc3)nc(N)n2)ccc1OC(=O)CN.Cl. The number of nitrogens with zero attached hydrogens (tertiary/aromatic N) is 3. The van der Waals surface area contributed by atoms with Crippen molar-refractivity contribution < 1.29 is 32.2 Å². The van der Waals surface area contributed by atoms with Crippen LogP contribution in [0.2, 0.25) is 0 Å². The summed E-state index contributed by atoms with van der Waals surface area (Å²) in [6, 6.07) is 15.1. The highest BCUT2D eigenvalue weighted by molar-refractivity contribution is 5.85. The molecule has 204 valence electrons. The molecule has 0 saturated heterocycles. The Morgan fingerprint density at radius 3 is 2.38 bits per heavy atom. The Morgan fingerprint density at radius 2 is 1.72 bits per heavy atom. The van der Waals surface area contributed by atoms with Gasteiger partial charge in [0.15, 0.2) is 11.5 Å². The number of halogens is 4. The fourth-order valence-corrected chi connectivity index (χ4v) is 3.27. The van der Waals surface area contributed by atoms with Crippen LogP contribution in [-0.2, 0) is 11.0 Å². The molecule has 2 aromatic carbocycles. The molecule has 0 bridgehead atoms. The maximum atomic E-state index is 12.9. The molecule has 5 N–H and O–H groups in total. The van der Waals surface area contributed by atoms with Crippen molar-refractivity contribution in [3.8, 4) is 34.3 Å². The van der Waals surface area contributed by atoms with Crippen molar-refractivity contribution in [3.63, 3.8) is 0 Å². The molecule has 0 saturated carbocycles. The van der Waals surface area contributed by atoms with Crippen LogP contribution in [0.5, 0.6) is 23.0 Å². The highest BCUT2D eigenvalue weighted by Gasteiger charge is 2.32. The van der Waals surface area contributed by atoms with E-state index in [1.165, 1.54) is 13.2 Å². The number of hydrogen-bond donors (Lipinski definition) is 3. The first-order chi connectivity index (χ1) is 18.1. The van der Waals surface area contributed by atoms with Crippen LogP contribution in [0, 0.1) is 0 Å². The predicted octanol–water partition coefficient (Wildman–Crippen LogP) is 4.97. The second-order valence-electron chi connectivity index (χ2n) is 7.67. The van der Waals surface area contributed by atoms with Gasteiger partial charge in [-0.05, 0) is 48.5 Å². The number of nitrogens with two attached hydrogens (primary N) is 2. The molecule has 2 heterocycles. The summed E-state index contributed by atoms with van der Waals surface area (Å²) in [6.45, 7) is -0.280. The third-order valence-electron chi connectivity index (χ3n) is 4.98. The Hall–Kier alpha value is -4.62. The average Bonchev–Trinajstić information content (AvgIpc) is 2.89. The molecule has 14 heteroatoms. The number of anilines is 3. The minimum atomic E-state index is -4.57. The van der Waals surface area contributed by atoms with E-state index in [4.69, 9.17) is 25.7 Å². The Morgan fingerprint density at radius 1 is 0.974 bits per heavy atom. The Balaban J connectivity index is 0.00000420. The summed E-state index contributed by atoms with van der Waals surface area (Å²) in [5.41, 5.74) is 11.8. The number of esters is 1. The van der Waals surface area contributed by atoms with Gasteiger partial charge in [0, 0.05) is 29.6 Å². The van der Waals surface area contributed by atoms with Gasteiger partial charge in [0.1, 0.15) is 23.0 Å². The number of carbonyl (C=O) groups is 1. The first kappa shape index (κ1) is 28.9. The third kappa shape index (κ3) is 7.46. The normalized spacial score (nSPS) is 10.8. The number of benzene rings is 2. The van der Waals surface area contributed by atoms with Crippen LogP contribution in [0.15, 0.2) is 66.9 Å². The maximum Gasteiger partial charge on any atom is 0.433 e. The van der Waals surface area contributed by atoms with Crippen molar-refractivity contribution in [3.05, 3.63) is 72.6 Å². The monoisotopic (exact) mass is 562 g/mol. The van der Waals surface area contributed by atoms with Crippen molar-refractivity contribution in [1.29, 1.82) is 0 Å². The summed E-state index contributed by atoms with van der Waals surface area (Å²) in [5.74, 6) is 0.584. The van der Waals surface area contributed by atoms with E-state index >= 15 is 0 Å². The first-order valence-electron chi connectivity index (χ1n) is 11.0. The van der Waals surface area contributed by atoms with E-state index in [-0.39, 0.29) is 36.4 Å². The lowest BCUT2D eigenvalue weighted by atomic mass is 10.1. The molecule has 0 atom stereocenters. The van der Waals surface area contributed by atoms with Gasteiger partial charge >= 0.3 is 12.1 Å². The number of ether oxygens (including phenoxy) is 3. The van der Waals surface area contributed by atoms with Gasteiger partial charge in [-0.3, -0.25) is 9.78 Å². The zero-order valence-electron chi connectivity index (χ0n) is 20.2. The molecule has 39 heavy (non-hydrogen) atoms. The minimum absolute atomic E-state index is 0. The zero-order chi connectivity index (χ0) is 27.3. The van der Waals surface area contributed by atoms with E-state index in [0.717, 1.165) is 12.3 Å². The van der Waals surface area contributed by atoms with Crippen molar-refractivity contribution in [2.24, 2.45) is 5.73 Å². The molecule has 10 nitrogen and oxygen atoms in total. The number of rotatable bonds is 8. The van der Waals surface area contributed by atoms with Gasteiger partial charge in [-0.25, -0.2) is 4.98 Å². The van der Waals surface area contributed by atoms with Gasteiger partial charge in [-0.2, -0.15) is 18.2 Å². The number of aromatic nitrogens is 3. The second-order valence-corrected chi connectivity index (χ2v) is 7.67. The molecule has 0 fully saturated rings. The molecule has 2 aromatic heterocycles. The lowest BCUT2D eigenvalue weighted by Gasteiger charge is -2.12. The lowest BCUT2D eigenvalue weighted by molar-refractivity contribution is -0.141. The lowest BCUT2D eigenvalue weighted by Crippen LogP contribution is -2.19. The van der Waals surface area contributed by atoms with Gasteiger partial charge in [-0.15, -0.1) is 12.4 Å². The largest absolute Gasteiger partial charge is 0.493 e. The molecular formula is C25H22ClF3N6O4. The number of hydrogen-bond acceptors (Lipinski definition) is 10. The van der Waals surface area contributed by atoms with Crippen molar-refractivity contribution in [2.45, 2.75) is 6.18 Å². The van der Waals surface area contributed by atoms with E-state index in [2.05, 4.69) is 20.3 Å². The van der Waals surface area contributed by atoms with Gasteiger partial charge in [0.05, 0.1) is 19.3 Å². The molecule has 4 aromatic rings. The van der Waals surface area contributed by atoms with Crippen molar-refractivity contribution in [2.75, 3.05) is 24.7 Å². The summed E-state index contributed by atoms with van der Waals surface area (Å²) in [6.07, 6.45) is -3.54. The van der Waals surface area contributed by atoms with E-state index in [1.807, 2.05) is 0 Å². The van der Waals surface area contributed by atoms with E-state index < -0.39 is 17.8 Å². The zero-order valence-corrected chi connectivity index (χ0v) is 21.0. The number of pyridine rings is 1. The summed E-state index contributed by atoms with van der Waals surface area (Å²) in [4.78, 5) is 23.3. The van der Waals surface area contributed by atoms with Gasteiger partial charge < -0.3 is 31.0 Å². The van der Waals surface area contributed by atoms with Crippen LogP contribution in [0.3, 0.4) is 0 Å². The number of methoxy groups -OCH3 is 1. The van der Waals surface area contributed by atoms with Crippen LogP contribution >= 0.6 is 12.4 Å². The highest BCUT2D eigenvalue weighted by atomic mass is 35.5. The van der Waals surface area contributed by atoms with E-state index in [1.54, 1.807) is 48.5 Å². The summed E-state index contributed by atoms with van der Waals surface area (Å²) >= 11 is 0. The molecule has 0 aliphatic heterocycles. The number of nitrogens with one attached hydrogen (secondary N) is 1. The van der Waals surface area contributed by atoms with Crippen molar-refractivity contribution in [1.82, 2.24) is 15.0 Å². The molecule has 0 radical (unpaired) electrons. The quantitative estimate of drug-likeness (QED) is 0.198. The number of alkyl halides is 3. The summed E-state index contributed by atoms with van der Waals surface area (Å²) in [7, 11) is 1.43. The number of nitrogen functional groups attached to an aromatic ring is 1. The van der Waals surface area contributed by atoms with Crippen LogP contribution in [0.25, 0.3) is 11.3 Å². The van der Waals surface area contributed by atoms with Crippen LogP contribution in [0.1, 0.15) is 5.69 Å². The highest BCUT2D eigenvalue weighted by Crippen LogP contribution is 2.34. The summed E-state index contributed by atoms with van der Waals surface area (Å²) < 4.78 is 54.6. The number of carbonyl (C=O) groups excluding carboxylic acids is 1. The van der Waals surface area contributed by atoms with E-state index in [9.17, 15) is 18.0 Å². The standard InChI is InChI=1S/C25H21F3N6O4.ClH/c1-36-20-10-14(2-7-19(20)38-23(35)13-29)18-12-22(34-24(30)33-18)32-15-3-5-16(6-4-15)37-17-8-9-31-21(11-17)25(26,27)28;/h2-12H,13,29H2,1H3,(H3,30,32,33,34);1H. The van der Waals surface area contributed by atoms with Gasteiger partial charge in [0.2, 0.25) is 5.95 Å². The van der Waals surface area contributed by atoms with Crippen LogP contribution in [0.4, 0.5) is 30.6 Å². The van der Waals surface area contributed by atoms with Gasteiger partial charge in [-0.1, -0.05) is 0 Å². The topological polar surface area (TPSA) is 148 Å². The Bertz CT molecular complexity index is 1450. The smallest absolute Gasteiger partial charge is 0.433 e. The molecule has 0 amide bonds. The average molecular weight is 563 g/mol. The van der Waals surface area contributed by atoms with Crippen LogP contribution in [-0.4, -0.2) is 34.6 Å². The van der Waals surface area contributed by atoms with E-state index in [0.29, 0.717) is 34.3 Å². The van der Waals surface area contributed by atoms with Crippen LogP contribution < -0.4 is 31.0 Å². The Labute approximate surface area is 226 Å².